The Morgan fingerprint density at radius 2 is 2.00 bits per heavy atom. The second-order valence-corrected chi connectivity index (χ2v) is 8.13. The molecule has 5 atom stereocenters. The summed E-state index contributed by atoms with van der Waals surface area (Å²) < 4.78 is 0. The number of aliphatic imine (C=N–C) groups is 1. The lowest BCUT2D eigenvalue weighted by Crippen LogP contribution is -2.51. The Hall–Kier alpha value is -1.15. The Morgan fingerprint density at radius 3 is 2.73 bits per heavy atom. The van der Waals surface area contributed by atoms with Crippen molar-refractivity contribution in [3.63, 3.8) is 0 Å². The van der Waals surface area contributed by atoms with Crippen LogP contribution in [0.3, 0.4) is 0 Å². The van der Waals surface area contributed by atoms with Gasteiger partial charge in [0.1, 0.15) is 0 Å². The van der Waals surface area contributed by atoms with E-state index in [0.717, 1.165) is 29.7 Å². The van der Waals surface area contributed by atoms with Gasteiger partial charge >= 0.3 is 0 Å². The third-order valence-electron chi connectivity index (χ3n) is 5.95. The van der Waals surface area contributed by atoms with Gasteiger partial charge in [-0.05, 0) is 37.2 Å². The van der Waals surface area contributed by atoms with E-state index in [1.54, 1.807) is 0 Å². The van der Waals surface area contributed by atoms with Crippen LogP contribution in [-0.2, 0) is 6.42 Å². The predicted molar refractivity (Wildman–Crippen MR) is 92.4 cm³/mol. The van der Waals surface area contributed by atoms with Crippen LogP contribution in [0.5, 0.6) is 0 Å². The average Bonchev–Trinajstić information content (AvgIpc) is 2.78. The Bertz CT molecular complexity index is 560. The zero-order chi connectivity index (χ0) is 15.3. The van der Waals surface area contributed by atoms with Crippen LogP contribution in [0.4, 0.5) is 0 Å². The van der Waals surface area contributed by atoms with Gasteiger partial charge in [-0.25, -0.2) is 0 Å². The summed E-state index contributed by atoms with van der Waals surface area (Å²) in [5, 5.41) is 0. The van der Waals surface area contributed by atoms with Gasteiger partial charge in [0.15, 0.2) is 0 Å². The molecule has 2 heteroatoms. The molecule has 1 saturated carbocycles. The summed E-state index contributed by atoms with van der Waals surface area (Å²) in [6.45, 7) is 9.43. The maximum atomic E-state index is 4.90. The summed E-state index contributed by atoms with van der Waals surface area (Å²) in [6.07, 6.45) is 4.84. The molecule has 1 aromatic rings. The van der Waals surface area contributed by atoms with Crippen LogP contribution in [-0.4, -0.2) is 36.3 Å². The average molecular weight is 296 g/mol. The van der Waals surface area contributed by atoms with Gasteiger partial charge in [0, 0.05) is 37.2 Å². The maximum Gasteiger partial charge on any atom is 0.0545 e. The first-order valence-corrected chi connectivity index (χ1v) is 8.94. The Balaban J connectivity index is 1.58. The summed E-state index contributed by atoms with van der Waals surface area (Å²) >= 11 is 0. The van der Waals surface area contributed by atoms with Gasteiger partial charge in [-0.2, -0.15) is 0 Å². The number of rotatable bonds is 4. The fraction of sp³-hybridized carbons (Fsp3) is 0.650. The molecule has 5 unspecified atom stereocenters. The summed E-state index contributed by atoms with van der Waals surface area (Å²) in [4.78, 5) is 7.69. The second-order valence-electron chi connectivity index (χ2n) is 8.13. The van der Waals surface area contributed by atoms with Gasteiger partial charge in [0.25, 0.3) is 0 Å². The highest BCUT2D eigenvalue weighted by molar-refractivity contribution is 5.66. The highest BCUT2D eigenvalue weighted by Crippen LogP contribution is 2.48. The van der Waals surface area contributed by atoms with Crippen LogP contribution in [0.2, 0.25) is 0 Å². The molecule has 118 valence electrons. The zero-order valence-electron chi connectivity index (χ0n) is 14.1. The minimum absolute atomic E-state index is 0.568. The molecule has 4 bridgehead atoms. The molecule has 5 rings (SSSR count). The SMILES string of the molecule is Cc1ccc(CC2C3CC4CN(CC(C)C)C2C4C=N3)cc1. The van der Waals surface area contributed by atoms with E-state index in [2.05, 4.69) is 56.2 Å². The van der Waals surface area contributed by atoms with Crippen LogP contribution in [0, 0.1) is 30.6 Å². The Morgan fingerprint density at radius 1 is 1.23 bits per heavy atom. The highest BCUT2D eigenvalue weighted by atomic mass is 15.2. The smallest absolute Gasteiger partial charge is 0.0545 e. The zero-order valence-corrected chi connectivity index (χ0v) is 14.1. The van der Waals surface area contributed by atoms with Crippen molar-refractivity contribution in [3.8, 4) is 0 Å². The van der Waals surface area contributed by atoms with Crippen molar-refractivity contribution >= 4 is 6.21 Å². The summed E-state index contributed by atoms with van der Waals surface area (Å²) in [7, 11) is 0. The molecule has 0 spiro atoms. The van der Waals surface area contributed by atoms with Gasteiger partial charge in [0.2, 0.25) is 0 Å². The molecule has 0 amide bonds. The fourth-order valence-corrected chi connectivity index (χ4v) is 5.08. The van der Waals surface area contributed by atoms with E-state index in [1.165, 1.54) is 37.1 Å². The molecular weight excluding hydrogens is 268 g/mol. The molecule has 3 heterocycles. The minimum atomic E-state index is 0.568. The van der Waals surface area contributed by atoms with Gasteiger partial charge in [0.05, 0.1) is 6.04 Å². The summed E-state index contributed by atoms with van der Waals surface area (Å²) in [5.74, 6) is 3.07. The molecule has 22 heavy (non-hydrogen) atoms. The topological polar surface area (TPSA) is 15.6 Å². The van der Waals surface area contributed by atoms with Crippen molar-refractivity contribution in [2.75, 3.05) is 13.1 Å². The first-order valence-electron chi connectivity index (χ1n) is 8.94. The van der Waals surface area contributed by atoms with Crippen molar-refractivity contribution < 1.29 is 0 Å². The third-order valence-corrected chi connectivity index (χ3v) is 5.95. The van der Waals surface area contributed by atoms with E-state index >= 15 is 0 Å². The van der Waals surface area contributed by atoms with Crippen molar-refractivity contribution in [3.05, 3.63) is 35.4 Å². The van der Waals surface area contributed by atoms with Crippen molar-refractivity contribution in [2.24, 2.45) is 28.7 Å². The number of benzene rings is 1. The number of likely N-dealkylation sites (tertiary alicyclic amines) is 1. The first-order chi connectivity index (χ1) is 10.6. The first kappa shape index (κ1) is 14.4. The number of aryl methyl sites for hydroxylation is 1. The van der Waals surface area contributed by atoms with E-state index in [4.69, 9.17) is 4.99 Å². The molecular formula is C20H28N2. The summed E-state index contributed by atoms with van der Waals surface area (Å²) in [6, 6.07) is 10.5. The van der Waals surface area contributed by atoms with Gasteiger partial charge in [-0.1, -0.05) is 43.7 Å². The van der Waals surface area contributed by atoms with Gasteiger partial charge in [-0.15, -0.1) is 0 Å². The van der Waals surface area contributed by atoms with Crippen molar-refractivity contribution in [1.82, 2.24) is 4.90 Å². The lowest BCUT2D eigenvalue weighted by atomic mass is 9.67. The van der Waals surface area contributed by atoms with E-state index in [9.17, 15) is 0 Å². The van der Waals surface area contributed by atoms with Crippen LogP contribution >= 0.6 is 0 Å². The fourth-order valence-electron chi connectivity index (χ4n) is 5.08. The molecule has 3 aliphatic heterocycles. The maximum absolute atomic E-state index is 4.90. The van der Waals surface area contributed by atoms with E-state index < -0.39 is 0 Å². The molecule has 1 aliphatic carbocycles. The molecule has 2 fully saturated rings. The molecule has 0 N–H and O–H groups in total. The number of nitrogens with zero attached hydrogens (tertiary/aromatic N) is 2. The predicted octanol–water partition coefficient (Wildman–Crippen LogP) is 3.58. The standard InChI is InChI=1S/C20H28N2/c1-13(2)11-22-12-16-9-19-17(20(22)18(16)10-21-19)8-15-6-4-14(3)5-7-15/h4-7,10,13,16-20H,8-9,11-12H2,1-3H3. The normalized spacial score (nSPS) is 36.5. The monoisotopic (exact) mass is 296 g/mol. The molecule has 0 aromatic heterocycles. The van der Waals surface area contributed by atoms with Crippen molar-refractivity contribution in [1.29, 1.82) is 0 Å². The molecule has 0 radical (unpaired) electrons. The van der Waals surface area contributed by atoms with Crippen LogP contribution in [0.15, 0.2) is 29.3 Å². The van der Waals surface area contributed by atoms with E-state index in [0.29, 0.717) is 6.04 Å². The van der Waals surface area contributed by atoms with Gasteiger partial charge < -0.3 is 0 Å². The molecule has 1 aromatic carbocycles. The molecule has 2 nitrogen and oxygen atoms in total. The molecule has 1 saturated heterocycles. The largest absolute Gasteiger partial charge is 0.299 e. The number of hydrogen-bond donors (Lipinski definition) is 0. The van der Waals surface area contributed by atoms with Crippen LogP contribution in [0.25, 0.3) is 0 Å². The van der Waals surface area contributed by atoms with Crippen molar-refractivity contribution in [2.45, 2.75) is 45.7 Å². The summed E-state index contributed by atoms with van der Waals surface area (Å²) in [5.41, 5.74) is 2.85. The quantitative estimate of drug-likeness (QED) is 0.829. The van der Waals surface area contributed by atoms with Gasteiger partial charge in [-0.3, -0.25) is 9.89 Å². The Kier molecular flexibility index (Phi) is 3.60. The van der Waals surface area contributed by atoms with E-state index in [-0.39, 0.29) is 0 Å². The Labute approximate surface area is 134 Å². The molecule has 4 aliphatic rings. The van der Waals surface area contributed by atoms with Crippen LogP contribution < -0.4 is 0 Å². The minimum Gasteiger partial charge on any atom is -0.299 e. The van der Waals surface area contributed by atoms with E-state index in [1.807, 2.05) is 0 Å². The lowest BCUT2D eigenvalue weighted by Gasteiger charge is -2.44. The number of hydrogen-bond acceptors (Lipinski definition) is 2. The highest BCUT2D eigenvalue weighted by Gasteiger charge is 2.53. The lowest BCUT2D eigenvalue weighted by molar-refractivity contribution is 0.123. The van der Waals surface area contributed by atoms with Crippen LogP contribution in [0.1, 0.15) is 31.4 Å². The third kappa shape index (κ3) is 2.42. The second kappa shape index (κ2) is 5.49.